The molecule has 0 spiro atoms. The second-order valence-electron chi connectivity index (χ2n) is 4.60. The quantitative estimate of drug-likeness (QED) is 0.486. The van der Waals surface area contributed by atoms with Crippen molar-refractivity contribution >= 4 is 21.9 Å². The fourth-order valence-corrected chi connectivity index (χ4v) is 2.76. The van der Waals surface area contributed by atoms with Gasteiger partial charge >= 0.3 is 5.69 Å². The highest BCUT2D eigenvalue weighted by Crippen LogP contribution is 2.36. The molecular weight excluding hydrogens is 336 g/mol. The molecule has 2 aromatic rings. The first-order chi connectivity index (χ1) is 11.3. The molecule has 0 bridgehead atoms. The molecule has 2 rings (SSSR count). The molecule has 9 heteroatoms. The predicted octanol–water partition coefficient (Wildman–Crippen LogP) is 2.51. The molecular formula is C15H14N2O6S. The van der Waals surface area contributed by atoms with Crippen LogP contribution in [0.25, 0.3) is 0 Å². The van der Waals surface area contributed by atoms with Crippen molar-refractivity contribution in [3.05, 3.63) is 58.1 Å². The van der Waals surface area contributed by atoms with Crippen molar-refractivity contribution in [1.29, 1.82) is 0 Å². The fourth-order valence-electron chi connectivity index (χ4n) is 1.88. The van der Waals surface area contributed by atoms with Gasteiger partial charge in [-0.2, -0.15) is 12.8 Å². The molecule has 0 heterocycles. The van der Waals surface area contributed by atoms with E-state index in [1.807, 2.05) is 0 Å². The summed E-state index contributed by atoms with van der Waals surface area (Å²) in [6.45, 7) is 1.82. The van der Waals surface area contributed by atoms with Crippen LogP contribution in [-0.2, 0) is 10.0 Å². The van der Waals surface area contributed by atoms with E-state index in [1.54, 1.807) is 25.1 Å². The smallest absolute Gasteiger partial charge is 0.315 e. The van der Waals surface area contributed by atoms with Crippen LogP contribution in [0.3, 0.4) is 0 Å². The van der Waals surface area contributed by atoms with Crippen LogP contribution in [-0.4, -0.2) is 31.3 Å². The summed E-state index contributed by atoms with van der Waals surface area (Å²) >= 11 is 0. The number of hydrogen-bond donors (Lipinski definition) is 1. The van der Waals surface area contributed by atoms with Crippen LogP contribution in [0.4, 0.5) is 5.69 Å². The largest absolute Gasteiger partial charge is 0.500 e. The third kappa shape index (κ3) is 3.87. The highest BCUT2D eigenvalue weighted by Gasteiger charge is 2.20. The molecule has 0 atom stereocenters. The molecule has 0 fully saturated rings. The lowest BCUT2D eigenvalue weighted by molar-refractivity contribution is -0.386. The fraction of sp³-hybridized carbons (Fsp3) is 0.133. The molecule has 24 heavy (non-hydrogen) atoms. The summed E-state index contributed by atoms with van der Waals surface area (Å²) in [5, 5.41) is 20.8. The maximum Gasteiger partial charge on any atom is 0.315 e. The number of nitro groups is 1. The molecule has 0 aromatic heterocycles. The van der Waals surface area contributed by atoms with Gasteiger partial charge < -0.3 is 9.84 Å². The van der Waals surface area contributed by atoms with Crippen molar-refractivity contribution < 1.29 is 23.2 Å². The third-order valence-corrected chi connectivity index (χ3v) is 4.21. The van der Waals surface area contributed by atoms with E-state index >= 15 is 0 Å². The van der Waals surface area contributed by atoms with Gasteiger partial charge in [0.05, 0.1) is 16.4 Å². The molecule has 0 amide bonds. The molecule has 1 N–H and O–H groups in total. The Bertz CT molecular complexity index is 878. The average Bonchev–Trinajstić information content (AvgIpc) is 2.56. The first kappa shape index (κ1) is 17.4. The van der Waals surface area contributed by atoms with Crippen LogP contribution >= 0.6 is 0 Å². The molecule has 0 aliphatic heterocycles. The summed E-state index contributed by atoms with van der Waals surface area (Å²) in [6.07, 6.45) is 0.970. The molecule has 8 nitrogen and oxygen atoms in total. The van der Waals surface area contributed by atoms with E-state index in [2.05, 4.69) is 4.40 Å². The number of benzene rings is 2. The van der Waals surface area contributed by atoms with Crippen LogP contribution < -0.4 is 4.74 Å². The average molecular weight is 350 g/mol. The lowest BCUT2D eigenvalue weighted by atomic mass is 10.2. The zero-order valence-corrected chi connectivity index (χ0v) is 13.4. The SMILES string of the molecule is CCOc1cc(/C=N\S(=O)(=O)c2ccccc2)cc([N+](=O)[O-])c1O. The van der Waals surface area contributed by atoms with E-state index in [0.717, 1.165) is 12.3 Å². The molecule has 2 aromatic carbocycles. The predicted molar refractivity (Wildman–Crippen MR) is 87.2 cm³/mol. The van der Waals surface area contributed by atoms with Crippen molar-refractivity contribution in [2.75, 3.05) is 6.61 Å². The maximum atomic E-state index is 12.1. The molecule has 0 aliphatic rings. The van der Waals surface area contributed by atoms with E-state index in [1.165, 1.54) is 18.2 Å². The molecule has 0 saturated carbocycles. The third-order valence-electron chi connectivity index (χ3n) is 2.96. The number of phenolic OH excluding ortho intramolecular Hbond substituents is 1. The molecule has 0 saturated heterocycles. The van der Waals surface area contributed by atoms with Crippen LogP contribution in [0.15, 0.2) is 51.8 Å². The van der Waals surface area contributed by atoms with Gasteiger partial charge in [0.2, 0.25) is 5.75 Å². The van der Waals surface area contributed by atoms with Gasteiger partial charge in [-0.05, 0) is 25.1 Å². The van der Waals surface area contributed by atoms with E-state index in [-0.39, 0.29) is 22.8 Å². The summed E-state index contributed by atoms with van der Waals surface area (Å²) in [4.78, 5) is 10.2. The van der Waals surface area contributed by atoms with Crippen LogP contribution in [0, 0.1) is 10.1 Å². The Morgan fingerprint density at radius 3 is 2.54 bits per heavy atom. The van der Waals surface area contributed by atoms with Crippen molar-refractivity contribution in [2.45, 2.75) is 11.8 Å². The summed E-state index contributed by atoms with van der Waals surface area (Å²) in [5.41, 5.74) is -0.484. The van der Waals surface area contributed by atoms with Gasteiger partial charge in [-0.25, -0.2) is 0 Å². The van der Waals surface area contributed by atoms with Crippen molar-refractivity contribution in [3.8, 4) is 11.5 Å². The Morgan fingerprint density at radius 2 is 1.96 bits per heavy atom. The van der Waals surface area contributed by atoms with Crippen LogP contribution in [0.1, 0.15) is 12.5 Å². The number of sulfonamides is 1. The minimum absolute atomic E-state index is 0.000408. The van der Waals surface area contributed by atoms with E-state index in [0.29, 0.717) is 0 Å². The van der Waals surface area contributed by atoms with Crippen LogP contribution in [0.5, 0.6) is 11.5 Å². The zero-order chi connectivity index (χ0) is 17.7. The summed E-state index contributed by atoms with van der Waals surface area (Å²) in [7, 11) is -3.93. The van der Waals surface area contributed by atoms with Crippen molar-refractivity contribution in [2.24, 2.45) is 4.40 Å². The lowest BCUT2D eigenvalue weighted by Crippen LogP contribution is -2.00. The highest BCUT2D eigenvalue weighted by molar-refractivity contribution is 7.90. The van der Waals surface area contributed by atoms with Gasteiger partial charge in [-0.15, -0.1) is 0 Å². The lowest BCUT2D eigenvalue weighted by Gasteiger charge is -2.07. The maximum absolute atomic E-state index is 12.1. The standard InChI is InChI=1S/C15H14N2O6S/c1-2-23-14-9-11(8-13(15(14)18)17(19)20)10-16-24(21,22)12-6-4-3-5-7-12/h3-10,18H,2H2,1H3/b16-10-. The van der Waals surface area contributed by atoms with Crippen molar-refractivity contribution in [3.63, 3.8) is 0 Å². The number of aromatic hydroxyl groups is 1. The highest BCUT2D eigenvalue weighted by atomic mass is 32.2. The van der Waals surface area contributed by atoms with Crippen LogP contribution in [0.2, 0.25) is 0 Å². The summed E-state index contributed by atoms with van der Waals surface area (Å²) < 4.78 is 32.8. The summed E-state index contributed by atoms with van der Waals surface area (Å²) in [6, 6.07) is 9.84. The Labute approximate surface area is 138 Å². The van der Waals surface area contributed by atoms with Gasteiger partial charge in [0.15, 0.2) is 5.75 Å². The topological polar surface area (TPSA) is 119 Å². The van der Waals surface area contributed by atoms with Crippen molar-refractivity contribution in [1.82, 2.24) is 0 Å². The van der Waals surface area contributed by atoms with Gasteiger partial charge in [0, 0.05) is 17.8 Å². The van der Waals surface area contributed by atoms with Gasteiger partial charge in [-0.1, -0.05) is 18.2 Å². The number of ether oxygens (including phenoxy) is 1. The number of phenols is 1. The minimum Gasteiger partial charge on any atom is -0.500 e. The normalized spacial score (nSPS) is 11.5. The molecule has 0 aliphatic carbocycles. The number of nitrogens with zero attached hydrogens (tertiary/aromatic N) is 2. The summed E-state index contributed by atoms with van der Waals surface area (Å²) in [5.74, 6) is -0.741. The van der Waals surface area contributed by atoms with E-state index < -0.39 is 26.4 Å². The monoisotopic (exact) mass is 350 g/mol. The number of hydrogen-bond acceptors (Lipinski definition) is 6. The molecule has 0 radical (unpaired) electrons. The second-order valence-corrected chi connectivity index (χ2v) is 6.23. The Hall–Kier alpha value is -2.94. The number of rotatable bonds is 6. The number of nitro benzene ring substituents is 1. The van der Waals surface area contributed by atoms with E-state index in [9.17, 15) is 23.6 Å². The second kappa shape index (κ2) is 7.09. The Kier molecular flexibility index (Phi) is 5.14. The van der Waals surface area contributed by atoms with E-state index in [4.69, 9.17) is 4.74 Å². The Morgan fingerprint density at radius 1 is 1.29 bits per heavy atom. The Balaban J connectivity index is 2.44. The minimum atomic E-state index is -3.93. The van der Waals surface area contributed by atoms with Gasteiger partial charge in [0.25, 0.3) is 10.0 Å². The first-order valence-corrected chi connectivity index (χ1v) is 8.28. The zero-order valence-electron chi connectivity index (χ0n) is 12.6. The van der Waals surface area contributed by atoms with Gasteiger partial charge in [-0.3, -0.25) is 10.1 Å². The molecule has 126 valence electrons. The first-order valence-electron chi connectivity index (χ1n) is 6.84. The van der Waals surface area contributed by atoms with Gasteiger partial charge in [0.1, 0.15) is 0 Å². The molecule has 0 unspecified atom stereocenters.